The molecule has 0 aliphatic carbocycles. The molecule has 1 rings (SSSR count). The van der Waals surface area contributed by atoms with Crippen molar-refractivity contribution in [2.45, 2.75) is 54.0 Å². The fourth-order valence-electron chi connectivity index (χ4n) is 1.72. The molecule has 1 aliphatic heterocycles. The molecule has 0 N–H and O–H groups in total. The van der Waals surface area contributed by atoms with Crippen LogP contribution in [0.5, 0.6) is 0 Å². The Bertz CT molecular complexity index is 343. The number of carbonyl (C=O) groups excluding carboxylic acids is 1. The second kappa shape index (κ2) is 5.29. The minimum absolute atomic E-state index is 0.0951. The van der Waals surface area contributed by atoms with Gasteiger partial charge in [0.15, 0.2) is 5.90 Å². The van der Waals surface area contributed by atoms with Crippen molar-refractivity contribution < 1.29 is 14.3 Å². The van der Waals surface area contributed by atoms with E-state index < -0.39 is 0 Å². The largest absolute Gasteiger partial charge is 0.478 e. The summed E-state index contributed by atoms with van der Waals surface area (Å²) in [6.45, 7) is 12.9. The van der Waals surface area contributed by atoms with Gasteiger partial charge < -0.3 is 9.47 Å². The summed E-state index contributed by atoms with van der Waals surface area (Å²) in [5.74, 6) is 0.465. The Hall–Kier alpha value is -1.06. The molecule has 1 aliphatic rings. The summed E-state index contributed by atoms with van der Waals surface area (Å²) in [5.41, 5.74) is -0.219. The normalized spacial score (nSPS) is 23.0. The Morgan fingerprint density at radius 3 is 2.44 bits per heavy atom. The zero-order chi connectivity index (χ0) is 14.0. The molecule has 0 saturated heterocycles. The molecule has 104 valence electrons. The Morgan fingerprint density at radius 1 is 1.44 bits per heavy atom. The van der Waals surface area contributed by atoms with Crippen LogP contribution in [-0.4, -0.2) is 31.1 Å². The number of esters is 1. The summed E-state index contributed by atoms with van der Waals surface area (Å²) in [4.78, 5) is 15.6. The zero-order valence-electron chi connectivity index (χ0n) is 12.4. The van der Waals surface area contributed by atoms with Crippen molar-refractivity contribution in [1.29, 1.82) is 0 Å². The van der Waals surface area contributed by atoms with Crippen molar-refractivity contribution in [3.8, 4) is 0 Å². The van der Waals surface area contributed by atoms with Crippen LogP contribution in [0.4, 0.5) is 0 Å². The van der Waals surface area contributed by atoms with Gasteiger partial charge in [-0.1, -0.05) is 27.7 Å². The van der Waals surface area contributed by atoms with Gasteiger partial charge in [-0.25, -0.2) is 4.99 Å². The van der Waals surface area contributed by atoms with E-state index in [1.807, 2.05) is 6.92 Å². The van der Waals surface area contributed by atoms with Crippen molar-refractivity contribution >= 4 is 11.9 Å². The third kappa shape index (κ3) is 3.47. The smallest absolute Gasteiger partial charge is 0.302 e. The Morgan fingerprint density at radius 2 is 2.06 bits per heavy atom. The van der Waals surface area contributed by atoms with Crippen LogP contribution in [0, 0.1) is 10.8 Å². The summed E-state index contributed by atoms with van der Waals surface area (Å²) in [7, 11) is 0. The molecular formula is C14H25NO3. The van der Waals surface area contributed by atoms with Gasteiger partial charge in [-0.2, -0.15) is 0 Å². The third-order valence-electron chi connectivity index (χ3n) is 3.54. The highest BCUT2D eigenvalue weighted by atomic mass is 16.5. The van der Waals surface area contributed by atoms with E-state index in [4.69, 9.17) is 9.47 Å². The van der Waals surface area contributed by atoms with E-state index in [1.54, 1.807) is 0 Å². The fourth-order valence-corrected chi connectivity index (χ4v) is 1.72. The Kier molecular flexibility index (Phi) is 4.41. The fraction of sp³-hybridized carbons (Fsp3) is 0.857. The third-order valence-corrected chi connectivity index (χ3v) is 3.54. The first kappa shape index (κ1) is 15.0. The lowest BCUT2D eigenvalue weighted by molar-refractivity contribution is -0.143. The first-order valence-corrected chi connectivity index (χ1v) is 6.53. The lowest BCUT2D eigenvalue weighted by atomic mass is 9.87. The van der Waals surface area contributed by atoms with Crippen molar-refractivity contribution in [1.82, 2.24) is 0 Å². The SMILES string of the molecule is CCC(C)(COC(C)=O)C1=N[C@H](C(C)(C)C)CO1. The number of hydrogen-bond donors (Lipinski definition) is 0. The molecule has 4 heteroatoms. The van der Waals surface area contributed by atoms with Crippen LogP contribution >= 0.6 is 0 Å². The van der Waals surface area contributed by atoms with Gasteiger partial charge in [0.2, 0.25) is 0 Å². The van der Waals surface area contributed by atoms with Gasteiger partial charge in [-0.3, -0.25) is 4.79 Å². The van der Waals surface area contributed by atoms with Crippen molar-refractivity contribution in [2.75, 3.05) is 13.2 Å². The van der Waals surface area contributed by atoms with Crippen LogP contribution in [-0.2, 0) is 14.3 Å². The number of aliphatic imine (C=N–C) groups is 1. The Labute approximate surface area is 110 Å². The van der Waals surface area contributed by atoms with Crippen LogP contribution in [0.1, 0.15) is 48.0 Å². The maximum atomic E-state index is 10.9. The van der Waals surface area contributed by atoms with Crippen LogP contribution in [0.15, 0.2) is 4.99 Å². The molecule has 0 radical (unpaired) electrons. The molecular weight excluding hydrogens is 230 g/mol. The van der Waals surface area contributed by atoms with Crippen LogP contribution < -0.4 is 0 Å². The van der Waals surface area contributed by atoms with E-state index in [2.05, 4.69) is 32.7 Å². The van der Waals surface area contributed by atoms with Crippen molar-refractivity contribution in [3.05, 3.63) is 0 Å². The number of rotatable bonds is 4. The van der Waals surface area contributed by atoms with Crippen LogP contribution in [0.3, 0.4) is 0 Å². The van der Waals surface area contributed by atoms with Gasteiger partial charge in [-0.15, -0.1) is 0 Å². The monoisotopic (exact) mass is 255 g/mol. The first-order chi connectivity index (χ1) is 8.19. The molecule has 2 atom stereocenters. The van der Waals surface area contributed by atoms with Gasteiger partial charge in [0.05, 0.1) is 11.5 Å². The molecule has 0 aromatic rings. The molecule has 0 bridgehead atoms. The van der Waals surface area contributed by atoms with Crippen molar-refractivity contribution in [2.24, 2.45) is 15.8 Å². The average molecular weight is 255 g/mol. The second-order valence-corrected chi connectivity index (χ2v) is 6.32. The zero-order valence-corrected chi connectivity index (χ0v) is 12.4. The molecule has 0 amide bonds. The van der Waals surface area contributed by atoms with Gasteiger partial charge >= 0.3 is 5.97 Å². The molecule has 18 heavy (non-hydrogen) atoms. The predicted octanol–water partition coefficient (Wildman–Crippen LogP) is 2.81. The summed E-state index contributed by atoms with van der Waals surface area (Å²) in [5, 5.41) is 0. The minimum Gasteiger partial charge on any atom is -0.478 e. The van der Waals surface area contributed by atoms with Gasteiger partial charge in [-0.05, 0) is 18.8 Å². The second-order valence-electron chi connectivity index (χ2n) is 6.32. The maximum Gasteiger partial charge on any atom is 0.302 e. The molecule has 4 nitrogen and oxygen atoms in total. The van der Waals surface area contributed by atoms with Gasteiger partial charge in [0, 0.05) is 6.92 Å². The summed E-state index contributed by atoms with van der Waals surface area (Å²) in [6.07, 6.45) is 0.829. The van der Waals surface area contributed by atoms with E-state index in [1.165, 1.54) is 6.92 Å². The van der Waals surface area contributed by atoms with E-state index in [-0.39, 0.29) is 22.8 Å². The number of ether oxygens (including phenoxy) is 2. The lowest BCUT2D eigenvalue weighted by Crippen LogP contribution is -2.33. The molecule has 0 fully saturated rings. The molecule has 0 spiro atoms. The predicted molar refractivity (Wildman–Crippen MR) is 71.7 cm³/mol. The van der Waals surface area contributed by atoms with E-state index in [9.17, 15) is 4.79 Å². The summed E-state index contributed by atoms with van der Waals surface area (Å²) in [6, 6.07) is 0.177. The van der Waals surface area contributed by atoms with Crippen molar-refractivity contribution in [3.63, 3.8) is 0 Å². The molecule has 1 unspecified atom stereocenters. The average Bonchev–Trinajstić information content (AvgIpc) is 2.75. The summed E-state index contributed by atoms with van der Waals surface area (Å²) >= 11 is 0. The summed E-state index contributed by atoms with van der Waals surface area (Å²) < 4.78 is 10.9. The minimum atomic E-state index is -0.314. The lowest BCUT2D eigenvalue weighted by Gasteiger charge is -2.26. The molecule has 0 saturated carbocycles. The van der Waals surface area contributed by atoms with E-state index in [0.29, 0.717) is 13.2 Å². The number of carbonyl (C=O) groups is 1. The quantitative estimate of drug-likeness (QED) is 0.726. The van der Waals surface area contributed by atoms with Gasteiger partial charge in [0.1, 0.15) is 13.2 Å². The molecule has 1 heterocycles. The maximum absolute atomic E-state index is 10.9. The van der Waals surface area contributed by atoms with E-state index >= 15 is 0 Å². The van der Waals surface area contributed by atoms with E-state index in [0.717, 1.165) is 12.3 Å². The highest BCUT2D eigenvalue weighted by Gasteiger charge is 2.39. The topological polar surface area (TPSA) is 47.9 Å². The molecule has 0 aromatic carbocycles. The molecule has 0 aromatic heterocycles. The first-order valence-electron chi connectivity index (χ1n) is 6.53. The highest BCUT2D eigenvalue weighted by molar-refractivity contribution is 5.84. The number of nitrogens with zero attached hydrogens (tertiary/aromatic N) is 1. The number of hydrogen-bond acceptors (Lipinski definition) is 4. The van der Waals surface area contributed by atoms with Gasteiger partial charge in [0.25, 0.3) is 0 Å². The highest BCUT2D eigenvalue weighted by Crippen LogP contribution is 2.33. The standard InChI is InChI=1S/C14H25NO3/c1-7-14(6,9-18-10(2)16)12-15-11(8-17-12)13(3,4)5/h11H,7-9H2,1-6H3/t11-,14?/m0/s1. The van der Waals surface area contributed by atoms with Crippen LogP contribution in [0.2, 0.25) is 0 Å². The Balaban J connectivity index is 2.80. The van der Waals surface area contributed by atoms with Crippen LogP contribution in [0.25, 0.3) is 0 Å².